The highest BCUT2D eigenvalue weighted by Crippen LogP contribution is 2.18. The minimum absolute atomic E-state index is 0.141. The Morgan fingerprint density at radius 1 is 0.839 bits per heavy atom. The molecule has 4 heteroatoms. The van der Waals surface area contributed by atoms with Crippen molar-refractivity contribution in [2.24, 2.45) is 0 Å². The first-order valence-corrected chi connectivity index (χ1v) is 14.3. The van der Waals surface area contributed by atoms with Crippen LogP contribution in [-0.2, 0) is 24.3 Å². The predicted octanol–water partition coefficient (Wildman–Crippen LogP) is 5.06. The molecule has 160 valence electrons. The Balaban J connectivity index is 1.99. The summed E-state index contributed by atoms with van der Waals surface area (Å²) in [6.07, 6.45) is 1.61. The molecule has 0 aromatic heterocycles. The van der Waals surface area contributed by atoms with E-state index in [1.54, 1.807) is 0 Å². The number of nitrogens with zero attached hydrogens (tertiary/aromatic N) is 1. The molecular weight excluding hydrogens is 396 g/mol. The average molecular weight is 429 g/mol. The molecule has 3 aromatic carbocycles. The van der Waals surface area contributed by atoms with Crippen LogP contribution in [0.4, 0.5) is 0 Å². The standard InChI is InChI=1S/C27H32N2OSi/c1-31(2,3)27-17-11-10-16-24(27)18-25(26(30)19-28)29(20-22-12-6-4-7-13-22)21-23-14-8-5-9-15-23/h4-17,19,25,28H,18,20-21H2,1-3H3/t25-/m0/s1. The Hall–Kier alpha value is -2.82. The molecule has 1 N–H and O–H groups in total. The minimum Gasteiger partial charge on any atom is -0.305 e. The molecule has 0 radical (unpaired) electrons. The molecule has 0 aliphatic carbocycles. The van der Waals surface area contributed by atoms with Gasteiger partial charge in [0.05, 0.1) is 20.3 Å². The van der Waals surface area contributed by atoms with Crippen LogP contribution in [0.25, 0.3) is 0 Å². The summed E-state index contributed by atoms with van der Waals surface area (Å²) >= 11 is 0. The van der Waals surface area contributed by atoms with Crippen LogP contribution < -0.4 is 5.19 Å². The van der Waals surface area contributed by atoms with E-state index in [4.69, 9.17) is 5.41 Å². The van der Waals surface area contributed by atoms with Crippen molar-refractivity contribution in [3.05, 3.63) is 102 Å². The Kier molecular flexibility index (Phi) is 7.72. The van der Waals surface area contributed by atoms with Crippen LogP contribution >= 0.6 is 0 Å². The lowest BCUT2D eigenvalue weighted by Crippen LogP contribution is -2.46. The maximum absolute atomic E-state index is 13.0. The molecule has 31 heavy (non-hydrogen) atoms. The summed E-state index contributed by atoms with van der Waals surface area (Å²) in [5.41, 5.74) is 3.56. The summed E-state index contributed by atoms with van der Waals surface area (Å²) in [5.74, 6) is -0.141. The van der Waals surface area contributed by atoms with Gasteiger partial charge in [0, 0.05) is 13.1 Å². The lowest BCUT2D eigenvalue weighted by Gasteiger charge is -2.32. The fourth-order valence-corrected chi connectivity index (χ4v) is 5.80. The molecule has 0 amide bonds. The van der Waals surface area contributed by atoms with Gasteiger partial charge in [-0.1, -0.05) is 110 Å². The number of hydrogen-bond donors (Lipinski definition) is 1. The van der Waals surface area contributed by atoms with Gasteiger partial charge in [-0.3, -0.25) is 9.69 Å². The smallest absolute Gasteiger partial charge is 0.190 e. The van der Waals surface area contributed by atoms with E-state index in [1.807, 2.05) is 36.4 Å². The second-order valence-electron chi connectivity index (χ2n) is 9.05. The third-order valence-corrected chi connectivity index (χ3v) is 7.71. The maximum atomic E-state index is 13.0. The Labute approximate surface area is 187 Å². The van der Waals surface area contributed by atoms with Crippen LogP contribution in [0.15, 0.2) is 84.9 Å². The maximum Gasteiger partial charge on any atom is 0.190 e. The van der Waals surface area contributed by atoms with Crippen LogP contribution in [0, 0.1) is 5.41 Å². The van der Waals surface area contributed by atoms with Crippen molar-refractivity contribution < 1.29 is 4.79 Å². The van der Waals surface area contributed by atoms with Crippen molar-refractivity contribution in [1.82, 2.24) is 4.90 Å². The van der Waals surface area contributed by atoms with Gasteiger partial charge in [-0.05, 0) is 23.1 Å². The van der Waals surface area contributed by atoms with Gasteiger partial charge in [0.25, 0.3) is 0 Å². The van der Waals surface area contributed by atoms with Crippen LogP contribution in [0.1, 0.15) is 16.7 Å². The minimum atomic E-state index is -1.56. The van der Waals surface area contributed by atoms with Crippen molar-refractivity contribution in [1.29, 1.82) is 5.41 Å². The Morgan fingerprint density at radius 2 is 1.32 bits per heavy atom. The van der Waals surface area contributed by atoms with E-state index in [0.717, 1.165) is 6.21 Å². The zero-order valence-electron chi connectivity index (χ0n) is 18.7. The number of ketones is 1. The molecule has 3 nitrogen and oxygen atoms in total. The fourth-order valence-electron chi connectivity index (χ4n) is 4.06. The molecule has 0 aliphatic rings. The van der Waals surface area contributed by atoms with E-state index in [-0.39, 0.29) is 11.8 Å². The van der Waals surface area contributed by atoms with Gasteiger partial charge in [-0.2, -0.15) is 0 Å². The van der Waals surface area contributed by atoms with Crippen molar-refractivity contribution in [3.63, 3.8) is 0 Å². The van der Waals surface area contributed by atoms with Gasteiger partial charge < -0.3 is 5.41 Å². The summed E-state index contributed by atoms with van der Waals surface area (Å²) in [4.78, 5) is 15.2. The zero-order valence-corrected chi connectivity index (χ0v) is 19.7. The molecule has 0 unspecified atom stereocenters. The molecule has 0 spiro atoms. The fraction of sp³-hybridized carbons (Fsp3) is 0.259. The summed E-state index contributed by atoms with van der Waals surface area (Å²) in [7, 11) is -1.56. The number of hydrogen-bond acceptors (Lipinski definition) is 3. The lowest BCUT2D eigenvalue weighted by molar-refractivity contribution is -0.118. The van der Waals surface area contributed by atoms with Gasteiger partial charge in [-0.15, -0.1) is 0 Å². The summed E-state index contributed by atoms with van der Waals surface area (Å²) in [6, 6.07) is 28.7. The molecule has 0 bridgehead atoms. The number of carbonyl (C=O) groups is 1. The van der Waals surface area contributed by atoms with Crippen molar-refractivity contribution in [2.75, 3.05) is 0 Å². The molecule has 3 rings (SSSR count). The first kappa shape index (κ1) is 22.9. The van der Waals surface area contributed by atoms with Gasteiger partial charge in [0.15, 0.2) is 5.78 Å². The SMILES string of the molecule is C[Si](C)(C)c1ccccc1C[C@@H](C(=O)C=N)N(Cc1ccccc1)Cc1ccccc1. The Bertz CT molecular complexity index is 955. The topological polar surface area (TPSA) is 44.2 Å². The molecular formula is C27H32N2OSi. The highest BCUT2D eigenvalue weighted by molar-refractivity contribution is 6.89. The molecule has 0 saturated heterocycles. The third-order valence-electron chi connectivity index (χ3n) is 5.61. The number of benzene rings is 3. The van der Waals surface area contributed by atoms with Crippen LogP contribution in [0.5, 0.6) is 0 Å². The summed E-state index contributed by atoms with van der Waals surface area (Å²) in [5, 5.41) is 9.13. The van der Waals surface area contributed by atoms with E-state index >= 15 is 0 Å². The highest BCUT2D eigenvalue weighted by Gasteiger charge is 2.28. The van der Waals surface area contributed by atoms with Gasteiger partial charge >= 0.3 is 0 Å². The number of carbonyl (C=O) groups excluding carboxylic acids is 1. The van der Waals surface area contributed by atoms with Crippen LogP contribution in [-0.4, -0.2) is 31.0 Å². The largest absolute Gasteiger partial charge is 0.305 e. The monoisotopic (exact) mass is 428 g/mol. The normalized spacial score (nSPS) is 12.5. The van der Waals surface area contributed by atoms with Crippen molar-refractivity contribution in [2.45, 2.75) is 45.2 Å². The van der Waals surface area contributed by atoms with Gasteiger partial charge in [-0.25, -0.2) is 0 Å². The quantitative estimate of drug-likeness (QED) is 0.362. The average Bonchev–Trinajstić information content (AvgIpc) is 2.77. The van der Waals surface area contributed by atoms with Gasteiger partial charge in [0.1, 0.15) is 0 Å². The third kappa shape index (κ3) is 6.33. The van der Waals surface area contributed by atoms with Crippen molar-refractivity contribution >= 4 is 25.3 Å². The number of nitrogens with one attached hydrogen (secondary N) is 1. The molecule has 0 aliphatic heterocycles. The lowest BCUT2D eigenvalue weighted by atomic mass is 9.99. The van der Waals surface area contributed by atoms with Crippen molar-refractivity contribution in [3.8, 4) is 0 Å². The zero-order chi connectivity index (χ0) is 22.3. The first-order valence-electron chi connectivity index (χ1n) is 10.8. The molecule has 0 saturated carbocycles. The second-order valence-corrected chi connectivity index (χ2v) is 14.1. The number of Topliss-reactive ketones (excluding diaryl/α,β-unsaturated/α-hetero) is 1. The van der Waals surface area contributed by atoms with Crippen LogP contribution in [0.3, 0.4) is 0 Å². The van der Waals surface area contributed by atoms with E-state index < -0.39 is 8.07 Å². The van der Waals surface area contributed by atoms with Crippen LogP contribution in [0.2, 0.25) is 19.6 Å². The van der Waals surface area contributed by atoms with E-state index in [9.17, 15) is 4.79 Å². The molecule has 0 heterocycles. The summed E-state index contributed by atoms with van der Waals surface area (Å²) < 4.78 is 0. The second kappa shape index (κ2) is 10.5. The van der Waals surface area contributed by atoms with Gasteiger partial charge in [0.2, 0.25) is 0 Å². The molecule has 3 aromatic rings. The summed E-state index contributed by atoms with van der Waals surface area (Å²) in [6.45, 7) is 8.34. The van der Waals surface area contributed by atoms with E-state index in [2.05, 4.69) is 73.1 Å². The van der Waals surface area contributed by atoms with E-state index in [0.29, 0.717) is 19.5 Å². The highest BCUT2D eigenvalue weighted by atomic mass is 28.3. The Morgan fingerprint density at radius 3 is 1.81 bits per heavy atom. The van der Waals surface area contributed by atoms with E-state index in [1.165, 1.54) is 21.9 Å². The molecule has 0 fully saturated rings. The first-order chi connectivity index (χ1) is 14.9. The number of rotatable bonds is 10. The predicted molar refractivity (Wildman–Crippen MR) is 133 cm³/mol. The molecule has 1 atom stereocenters.